The second-order valence-corrected chi connectivity index (χ2v) is 3.28. The van der Waals surface area contributed by atoms with Crippen LogP contribution in [0.5, 0.6) is 0 Å². The molecule has 0 aliphatic rings. The molecular weight excluding hydrogens is 227 g/mol. The van der Waals surface area contributed by atoms with Gasteiger partial charge in [-0.25, -0.2) is 0 Å². The molecule has 0 saturated heterocycles. The van der Waals surface area contributed by atoms with Crippen LogP contribution in [0.4, 0.5) is 13.2 Å². The first-order valence-corrected chi connectivity index (χ1v) is 4.28. The van der Waals surface area contributed by atoms with Crippen LogP contribution in [-0.4, -0.2) is 6.18 Å². The molecule has 2 N–H and O–H groups in total. The van der Waals surface area contributed by atoms with E-state index in [4.69, 9.17) is 5.73 Å². The van der Waals surface area contributed by atoms with Crippen LogP contribution in [0.25, 0.3) is 0 Å². The van der Waals surface area contributed by atoms with Crippen molar-refractivity contribution in [1.29, 1.82) is 0 Å². The summed E-state index contributed by atoms with van der Waals surface area (Å²) in [4.78, 5) is 0. The maximum atomic E-state index is 12.0. The van der Waals surface area contributed by atoms with Gasteiger partial charge in [-0.05, 0) is 18.1 Å². The molecule has 1 aromatic carbocycles. The Hall–Kier alpha value is -0.740. The topological polar surface area (TPSA) is 26.0 Å². The van der Waals surface area contributed by atoms with Crippen molar-refractivity contribution in [2.75, 3.05) is 0 Å². The minimum atomic E-state index is -4.21. The van der Waals surface area contributed by atoms with Crippen LogP contribution in [0, 0.1) is 6.92 Å². The summed E-state index contributed by atoms with van der Waals surface area (Å²) >= 11 is 0. The normalized spacial score (nSPS) is 13.1. The van der Waals surface area contributed by atoms with Crippen LogP contribution < -0.4 is 5.73 Å². The number of nitrogens with two attached hydrogens (primary N) is 1. The number of hydrogen-bond acceptors (Lipinski definition) is 1. The lowest BCUT2D eigenvalue weighted by Crippen LogP contribution is -2.20. The molecule has 15 heavy (non-hydrogen) atoms. The van der Waals surface area contributed by atoms with Gasteiger partial charge in [0.2, 0.25) is 0 Å². The first-order valence-electron chi connectivity index (χ1n) is 4.28. The Balaban J connectivity index is 0.00000196. The van der Waals surface area contributed by atoms with E-state index in [-0.39, 0.29) is 12.4 Å². The van der Waals surface area contributed by atoms with Gasteiger partial charge >= 0.3 is 6.18 Å². The molecule has 0 heterocycles. The molecule has 1 aromatic rings. The van der Waals surface area contributed by atoms with E-state index in [0.29, 0.717) is 5.56 Å². The van der Waals surface area contributed by atoms with Crippen LogP contribution in [0.2, 0.25) is 0 Å². The number of halogens is 4. The van der Waals surface area contributed by atoms with Crippen molar-refractivity contribution in [1.82, 2.24) is 0 Å². The standard InChI is InChI=1S/C10H12F3N.ClH/c1-7-4-2-3-5-8(7)9(14)6-10(11,12)13;/h2-5,9H,6,14H2,1H3;1H/t9-;/m1./s1. The first-order chi connectivity index (χ1) is 6.40. The molecular formula is C10H13ClF3N. The highest BCUT2D eigenvalue weighted by Gasteiger charge is 2.31. The van der Waals surface area contributed by atoms with E-state index in [1.54, 1.807) is 31.2 Å². The summed E-state index contributed by atoms with van der Waals surface area (Å²) < 4.78 is 36.1. The molecule has 0 radical (unpaired) electrons. The van der Waals surface area contributed by atoms with Gasteiger partial charge in [0.1, 0.15) is 0 Å². The van der Waals surface area contributed by atoms with Crippen LogP contribution in [0.15, 0.2) is 24.3 Å². The molecule has 0 bridgehead atoms. The highest BCUT2D eigenvalue weighted by atomic mass is 35.5. The lowest BCUT2D eigenvalue weighted by Gasteiger charge is -2.16. The molecule has 1 atom stereocenters. The zero-order valence-corrected chi connectivity index (χ0v) is 9.03. The number of hydrogen-bond donors (Lipinski definition) is 1. The van der Waals surface area contributed by atoms with Gasteiger partial charge in [-0.3, -0.25) is 0 Å². The fourth-order valence-corrected chi connectivity index (χ4v) is 1.36. The van der Waals surface area contributed by atoms with Crippen molar-refractivity contribution in [3.05, 3.63) is 35.4 Å². The molecule has 0 saturated carbocycles. The summed E-state index contributed by atoms with van der Waals surface area (Å²) in [6.07, 6.45) is -5.18. The van der Waals surface area contributed by atoms with Gasteiger partial charge in [-0.2, -0.15) is 13.2 Å². The number of benzene rings is 1. The second kappa shape index (κ2) is 5.37. The molecule has 5 heteroatoms. The molecule has 0 unspecified atom stereocenters. The van der Waals surface area contributed by atoms with Gasteiger partial charge in [0.25, 0.3) is 0 Å². The van der Waals surface area contributed by atoms with E-state index in [0.717, 1.165) is 5.56 Å². The average Bonchev–Trinajstić information content (AvgIpc) is 2.01. The van der Waals surface area contributed by atoms with Gasteiger partial charge in [0, 0.05) is 6.04 Å². The average molecular weight is 240 g/mol. The second-order valence-electron chi connectivity index (χ2n) is 3.28. The van der Waals surface area contributed by atoms with Crippen molar-refractivity contribution in [3.63, 3.8) is 0 Å². The van der Waals surface area contributed by atoms with Gasteiger partial charge < -0.3 is 5.73 Å². The predicted octanol–water partition coefficient (Wildman–Crippen LogP) is 3.37. The fourth-order valence-electron chi connectivity index (χ4n) is 1.36. The van der Waals surface area contributed by atoms with Crippen LogP contribution >= 0.6 is 12.4 Å². The highest BCUT2D eigenvalue weighted by molar-refractivity contribution is 5.85. The highest BCUT2D eigenvalue weighted by Crippen LogP contribution is 2.28. The van der Waals surface area contributed by atoms with Gasteiger partial charge in [-0.1, -0.05) is 24.3 Å². The summed E-state index contributed by atoms with van der Waals surface area (Å²) in [5.41, 5.74) is 6.82. The van der Waals surface area contributed by atoms with Crippen LogP contribution in [0.3, 0.4) is 0 Å². The summed E-state index contributed by atoms with van der Waals surface area (Å²) in [5, 5.41) is 0. The zero-order valence-electron chi connectivity index (χ0n) is 8.21. The Morgan fingerprint density at radius 3 is 2.27 bits per heavy atom. The van der Waals surface area contributed by atoms with Crippen molar-refractivity contribution in [3.8, 4) is 0 Å². The molecule has 86 valence electrons. The zero-order chi connectivity index (χ0) is 10.8. The van der Waals surface area contributed by atoms with Crippen molar-refractivity contribution in [2.24, 2.45) is 5.73 Å². The molecule has 1 nitrogen and oxygen atoms in total. The third-order valence-corrected chi connectivity index (χ3v) is 2.04. The maximum Gasteiger partial charge on any atom is 0.390 e. The summed E-state index contributed by atoms with van der Waals surface area (Å²) in [5.74, 6) is 0. The Labute approximate surface area is 92.9 Å². The Morgan fingerprint density at radius 2 is 1.80 bits per heavy atom. The lowest BCUT2D eigenvalue weighted by atomic mass is 9.99. The quantitative estimate of drug-likeness (QED) is 0.841. The minimum Gasteiger partial charge on any atom is -0.324 e. The van der Waals surface area contributed by atoms with Crippen molar-refractivity contribution < 1.29 is 13.2 Å². The molecule has 0 aliphatic heterocycles. The van der Waals surface area contributed by atoms with E-state index in [1.165, 1.54) is 0 Å². The Morgan fingerprint density at radius 1 is 1.27 bits per heavy atom. The van der Waals surface area contributed by atoms with E-state index in [2.05, 4.69) is 0 Å². The van der Waals surface area contributed by atoms with Crippen molar-refractivity contribution >= 4 is 12.4 Å². The summed E-state index contributed by atoms with van der Waals surface area (Å²) in [6.45, 7) is 1.76. The van der Waals surface area contributed by atoms with Crippen molar-refractivity contribution in [2.45, 2.75) is 25.6 Å². The third kappa shape index (κ3) is 4.53. The first kappa shape index (κ1) is 14.3. The molecule has 0 spiro atoms. The van der Waals surface area contributed by atoms with Gasteiger partial charge in [0.05, 0.1) is 6.42 Å². The van der Waals surface area contributed by atoms with Crippen LogP contribution in [0.1, 0.15) is 23.6 Å². The van der Waals surface area contributed by atoms with Gasteiger partial charge in [-0.15, -0.1) is 12.4 Å². The SMILES string of the molecule is Cc1ccccc1[C@H](N)CC(F)(F)F.Cl. The minimum absolute atomic E-state index is 0. The molecule has 0 amide bonds. The lowest BCUT2D eigenvalue weighted by molar-refractivity contribution is -0.138. The number of rotatable bonds is 2. The molecule has 1 rings (SSSR count). The van der Waals surface area contributed by atoms with Gasteiger partial charge in [0.15, 0.2) is 0 Å². The number of alkyl halides is 3. The fraction of sp³-hybridized carbons (Fsp3) is 0.400. The smallest absolute Gasteiger partial charge is 0.324 e. The third-order valence-electron chi connectivity index (χ3n) is 2.04. The molecule has 0 aliphatic carbocycles. The molecule has 0 fully saturated rings. The Bertz CT molecular complexity index is 312. The van der Waals surface area contributed by atoms with E-state index < -0.39 is 18.6 Å². The maximum absolute atomic E-state index is 12.0. The summed E-state index contributed by atoms with van der Waals surface area (Å²) in [6, 6.07) is 5.89. The van der Waals surface area contributed by atoms with E-state index in [1.807, 2.05) is 0 Å². The Kier molecular flexibility index (Phi) is 5.11. The molecule has 0 aromatic heterocycles. The monoisotopic (exact) mass is 239 g/mol. The predicted molar refractivity (Wildman–Crippen MR) is 56.0 cm³/mol. The van der Waals surface area contributed by atoms with E-state index >= 15 is 0 Å². The van der Waals surface area contributed by atoms with Crippen LogP contribution in [-0.2, 0) is 0 Å². The largest absolute Gasteiger partial charge is 0.390 e. The number of aryl methyl sites for hydroxylation is 1. The van der Waals surface area contributed by atoms with E-state index in [9.17, 15) is 13.2 Å². The summed E-state index contributed by atoms with van der Waals surface area (Å²) in [7, 11) is 0.